The average molecular weight is 318 g/mol. The highest BCUT2D eigenvalue weighted by Crippen LogP contribution is 2.25. The molecule has 0 aliphatic heterocycles. The summed E-state index contributed by atoms with van der Waals surface area (Å²) >= 11 is 0. The van der Waals surface area contributed by atoms with E-state index in [1.54, 1.807) is 18.2 Å². The lowest BCUT2D eigenvalue weighted by molar-refractivity contribution is -0.175. The van der Waals surface area contributed by atoms with Crippen molar-refractivity contribution >= 4 is 28.7 Å². The molecule has 0 saturated heterocycles. The van der Waals surface area contributed by atoms with E-state index in [-0.39, 0.29) is 5.75 Å². The minimum Gasteiger partial charge on any atom is -0.479 e. The number of hydrogen-bond donors (Lipinski definition) is 2. The fourth-order valence-electron chi connectivity index (χ4n) is 2.00. The van der Waals surface area contributed by atoms with Gasteiger partial charge in [0, 0.05) is 12.3 Å². The monoisotopic (exact) mass is 318 g/mol. The number of aliphatic hydroxyl groups excluding tert-OH is 1. The van der Waals surface area contributed by atoms with E-state index in [2.05, 4.69) is 4.74 Å². The summed E-state index contributed by atoms with van der Waals surface area (Å²) in [7, 11) is 0. The van der Waals surface area contributed by atoms with Gasteiger partial charge >= 0.3 is 17.9 Å². The predicted octanol–water partition coefficient (Wildman–Crippen LogP) is 1.12. The van der Waals surface area contributed by atoms with E-state index in [9.17, 15) is 19.5 Å². The van der Waals surface area contributed by atoms with Crippen LogP contribution in [0.4, 0.5) is 0 Å². The van der Waals surface area contributed by atoms with Crippen LogP contribution in [0.1, 0.15) is 6.92 Å². The Morgan fingerprint density at radius 3 is 2.35 bits per heavy atom. The van der Waals surface area contributed by atoms with Gasteiger partial charge in [0.1, 0.15) is 5.75 Å². The van der Waals surface area contributed by atoms with Crippen LogP contribution >= 0.6 is 0 Å². The molecule has 2 aromatic carbocycles. The number of benzene rings is 2. The molecule has 0 bridgehead atoms. The number of hydrogen-bond acceptors (Lipinski definition) is 6. The van der Waals surface area contributed by atoms with Gasteiger partial charge in [-0.3, -0.25) is 4.79 Å². The lowest BCUT2D eigenvalue weighted by Crippen LogP contribution is -2.44. The molecule has 0 saturated carbocycles. The number of carbonyl (C=O) groups excluding carboxylic acids is 2. The van der Waals surface area contributed by atoms with Crippen LogP contribution in [0.15, 0.2) is 42.5 Å². The Morgan fingerprint density at radius 2 is 1.70 bits per heavy atom. The first-order valence-corrected chi connectivity index (χ1v) is 6.67. The van der Waals surface area contributed by atoms with Crippen molar-refractivity contribution < 1.29 is 34.1 Å². The van der Waals surface area contributed by atoms with Crippen molar-refractivity contribution in [1.29, 1.82) is 0 Å². The molecule has 7 nitrogen and oxygen atoms in total. The summed E-state index contributed by atoms with van der Waals surface area (Å²) in [4.78, 5) is 34.0. The molecule has 23 heavy (non-hydrogen) atoms. The first kappa shape index (κ1) is 16.4. The van der Waals surface area contributed by atoms with Crippen LogP contribution in [0.25, 0.3) is 10.8 Å². The highest BCUT2D eigenvalue weighted by Gasteiger charge is 2.37. The van der Waals surface area contributed by atoms with E-state index < -0.39 is 30.1 Å². The van der Waals surface area contributed by atoms with Crippen LogP contribution in [0, 0.1) is 0 Å². The Hall–Kier alpha value is -2.93. The van der Waals surface area contributed by atoms with E-state index in [1.807, 2.05) is 18.2 Å². The summed E-state index contributed by atoms with van der Waals surface area (Å²) in [5.74, 6) is -3.62. The number of rotatable bonds is 5. The Balaban J connectivity index is 2.29. The van der Waals surface area contributed by atoms with Crippen LogP contribution in [0.2, 0.25) is 0 Å². The van der Waals surface area contributed by atoms with Crippen molar-refractivity contribution in [2.45, 2.75) is 19.1 Å². The third-order valence-corrected chi connectivity index (χ3v) is 3.03. The van der Waals surface area contributed by atoms with Crippen molar-refractivity contribution in [3.05, 3.63) is 42.5 Å². The van der Waals surface area contributed by atoms with Crippen molar-refractivity contribution in [2.24, 2.45) is 0 Å². The van der Waals surface area contributed by atoms with Crippen LogP contribution in [-0.4, -0.2) is 40.3 Å². The molecular formula is C16H14O7. The molecule has 0 aromatic heterocycles. The molecule has 0 radical (unpaired) electrons. The SMILES string of the molecule is CC(=O)OC(C(=O)Oc1cccc2ccccc12)C(O)C(=O)O. The third kappa shape index (κ3) is 3.83. The number of carboxylic acid groups (broad SMARTS) is 1. The molecular weight excluding hydrogens is 304 g/mol. The largest absolute Gasteiger partial charge is 0.479 e. The maximum Gasteiger partial charge on any atom is 0.356 e. The van der Waals surface area contributed by atoms with Crippen LogP contribution in [0.5, 0.6) is 5.75 Å². The molecule has 2 N–H and O–H groups in total. The molecule has 0 heterocycles. The zero-order chi connectivity index (χ0) is 17.0. The van der Waals surface area contributed by atoms with Crippen LogP contribution in [0.3, 0.4) is 0 Å². The van der Waals surface area contributed by atoms with Crippen molar-refractivity contribution in [1.82, 2.24) is 0 Å². The summed E-state index contributed by atoms with van der Waals surface area (Å²) in [6.07, 6.45) is -4.18. The van der Waals surface area contributed by atoms with Gasteiger partial charge in [0.25, 0.3) is 0 Å². The fraction of sp³-hybridized carbons (Fsp3) is 0.188. The highest BCUT2D eigenvalue weighted by atomic mass is 16.6. The van der Waals surface area contributed by atoms with Crippen LogP contribution < -0.4 is 4.74 Å². The van der Waals surface area contributed by atoms with E-state index in [1.165, 1.54) is 6.07 Å². The topological polar surface area (TPSA) is 110 Å². The van der Waals surface area contributed by atoms with E-state index >= 15 is 0 Å². The van der Waals surface area contributed by atoms with E-state index in [4.69, 9.17) is 9.84 Å². The van der Waals surface area contributed by atoms with Gasteiger partial charge in [-0.1, -0.05) is 36.4 Å². The number of aliphatic carboxylic acids is 1. The van der Waals surface area contributed by atoms with Gasteiger partial charge in [0.15, 0.2) is 6.10 Å². The molecule has 2 atom stereocenters. The molecule has 2 aromatic rings. The number of carbonyl (C=O) groups is 3. The lowest BCUT2D eigenvalue weighted by atomic mass is 10.1. The zero-order valence-electron chi connectivity index (χ0n) is 12.1. The first-order valence-electron chi connectivity index (χ1n) is 6.67. The van der Waals surface area contributed by atoms with Crippen molar-refractivity contribution in [3.63, 3.8) is 0 Å². The summed E-state index contributed by atoms with van der Waals surface area (Å²) in [6.45, 7) is 0.993. The lowest BCUT2D eigenvalue weighted by Gasteiger charge is -2.18. The summed E-state index contributed by atoms with van der Waals surface area (Å²) in [6, 6.07) is 12.0. The Kier molecular flexibility index (Phi) is 4.92. The molecule has 0 amide bonds. The second-order valence-corrected chi connectivity index (χ2v) is 4.71. The number of aliphatic hydroxyl groups is 1. The van der Waals surface area contributed by atoms with Gasteiger partial charge < -0.3 is 19.7 Å². The summed E-state index contributed by atoms with van der Waals surface area (Å²) in [5, 5.41) is 19.7. The molecule has 2 unspecified atom stereocenters. The molecule has 0 aliphatic rings. The van der Waals surface area contributed by atoms with Crippen LogP contribution in [-0.2, 0) is 19.1 Å². The number of esters is 2. The van der Waals surface area contributed by atoms with Gasteiger partial charge in [-0.2, -0.15) is 0 Å². The van der Waals surface area contributed by atoms with Crippen molar-refractivity contribution in [3.8, 4) is 5.75 Å². The number of ether oxygens (including phenoxy) is 2. The van der Waals surface area contributed by atoms with E-state index in [0.29, 0.717) is 5.39 Å². The normalized spacial score (nSPS) is 13.1. The average Bonchev–Trinajstić information content (AvgIpc) is 2.52. The second kappa shape index (κ2) is 6.89. The smallest absolute Gasteiger partial charge is 0.356 e. The molecule has 0 fully saturated rings. The Bertz CT molecular complexity index is 748. The van der Waals surface area contributed by atoms with Gasteiger partial charge in [0.05, 0.1) is 0 Å². The summed E-state index contributed by atoms with van der Waals surface area (Å²) < 4.78 is 9.70. The maximum atomic E-state index is 12.1. The third-order valence-electron chi connectivity index (χ3n) is 3.03. The first-order chi connectivity index (χ1) is 10.9. The molecule has 120 valence electrons. The Labute approximate surface area is 131 Å². The van der Waals surface area contributed by atoms with Gasteiger partial charge in [-0.15, -0.1) is 0 Å². The van der Waals surface area contributed by atoms with Gasteiger partial charge in [-0.25, -0.2) is 9.59 Å². The molecule has 0 aliphatic carbocycles. The number of carboxylic acids is 1. The second-order valence-electron chi connectivity index (χ2n) is 4.71. The standard InChI is InChI=1S/C16H14O7/c1-9(17)22-14(13(18)15(19)20)16(21)23-12-8-4-6-10-5-2-3-7-11(10)12/h2-8,13-14,18H,1H3,(H,19,20). The highest BCUT2D eigenvalue weighted by molar-refractivity contribution is 5.93. The van der Waals surface area contributed by atoms with E-state index in [0.717, 1.165) is 12.3 Å². The number of fused-ring (bicyclic) bond motifs is 1. The Morgan fingerprint density at radius 1 is 1.04 bits per heavy atom. The quantitative estimate of drug-likeness (QED) is 0.628. The summed E-state index contributed by atoms with van der Waals surface area (Å²) in [5.41, 5.74) is 0. The fourth-order valence-corrected chi connectivity index (χ4v) is 2.00. The molecule has 2 rings (SSSR count). The minimum atomic E-state index is -2.22. The minimum absolute atomic E-state index is 0.169. The molecule has 7 heteroatoms. The van der Waals surface area contributed by atoms with Gasteiger partial charge in [-0.05, 0) is 11.5 Å². The van der Waals surface area contributed by atoms with Gasteiger partial charge in [0.2, 0.25) is 6.10 Å². The molecule has 0 spiro atoms. The predicted molar refractivity (Wildman–Crippen MR) is 78.8 cm³/mol. The van der Waals surface area contributed by atoms with Crippen molar-refractivity contribution in [2.75, 3.05) is 0 Å². The zero-order valence-corrected chi connectivity index (χ0v) is 12.1. The maximum absolute atomic E-state index is 12.1.